The number of carboxylic acid groups (broad SMARTS) is 1. The van der Waals surface area contributed by atoms with E-state index in [2.05, 4.69) is 20.6 Å². The Hall–Kier alpha value is -3.52. The third kappa shape index (κ3) is 3.56. The molecule has 136 valence electrons. The number of nitrogens with zero attached hydrogens (tertiary/aromatic N) is 2. The topological polar surface area (TPSA) is 106 Å². The predicted octanol–water partition coefficient (Wildman–Crippen LogP) is 4.04. The van der Waals surface area contributed by atoms with Gasteiger partial charge in [0.25, 0.3) is 0 Å². The van der Waals surface area contributed by atoms with Gasteiger partial charge in [-0.2, -0.15) is 4.98 Å². The minimum absolute atomic E-state index is 0.126. The van der Waals surface area contributed by atoms with Crippen LogP contribution in [0.2, 0.25) is 5.02 Å². The fourth-order valence-corrected chi connectivity index (χ4v) is 2.74. The van der Waals surface area contributed by atoms with Gasteiger partial charge in [-0.1, -0.05) is 17.7 Å². The molecule has 0 bridgehead atoms. The van der Waals surface area contributed by atoms with Gasteiger partial charge >= 0.3 is 5.97 Å². The van der Waals surface area contributed by atoms with Crippen molar-refractivity contribution in [3.63, 3.8) is 0 Å². The van der Waals surface area contributed by atoms with Crippen molar-refractivity contribution < 1.29 is 19.4 Å². The largest absolute Gasteiger partial charge is 0.478 e. The van der Waals surface area contributed by atoms with Gasteiger partial charge in [0.1, 0.15) is 11.5 Å². The van der Waals surface area contributed by atoms with Gasteiger partial charge in [0.15, 0.2) is 11.5 Å². The van der Waals surface area contributed by atoms with Gasteiger partial charge in [0.2, 0.25) is 12.7 Å². The lowest BCUT2D eigenvalue weighted by molar-refractivity contribution is 0.0697. The first kappa shape index (κ1) is 16.9. The standard InChI is InChI=1S/C18H13ClN4O4/c19-12-4-5-13-16(27-9-26-13)15(12)22-14-6-7-20-18(23-14)21-11-3-1-2-10(8-11)17(24)25/h1-8H,9H2,(H,24,25)(H2,20,21,22,23). The molecule has 0 radical (unpaired) electrons. The molecule has 1 aliphatic heterocycles. The van der Waals surface area contributed by atoms with Gasteiger partial charge in [-0.05, 0) is 36.4 Å². The van der Waals surface area contributed by atoms with Crippen LogP contribution in [-0.4, -0.2) is 27.8 Å². The zero-order valence-corrected chi connectivity index (χ0v) is 14.5. The third-order valence-corrected chi connectivity index (χ3v) is 4.08. The van der Waals surface area contributed by atoms with Crippen molar-refractivity contribution in [2.24, 2.45) is 0 Å². The molecule has 1 aliphatic rings. The van der Waals surface area contributed by atoms with Crippen molar-refractivity contribution in [2.75, 3.05) is 17.4 Å². The third-order valence-electron chi connectivity index (χ3n) is 3.76. The summed E-state index contributed by atoms with van der Waals surface area (Å²) in [6.07, 6.45) is 1.56. The van der Waals surface area contributed by atoms with Crippen LogP contribution in [0.15, 0.2) is 48.7 Å². The van der Waals surface area contributed by atoms with Crippen molar-refractivity contribution in [1.29, 1.82) is 0 Å². The van der Waals surface area contributed by atoms with E-state index in [9.17, 15) is 4.79 Å². The van der Waals surface area contributed by atoms with Crippen LogP contribution in [0.4, 0.5) is 23.1 Å². The second-order valence-corrected chi connectivity index (χ2v) is 5.96. The molecule has 3 aromatic rings. The highest BCUT2D eigenvalue weighted by Gasteiger charge is 2.21. The van der Waals surface area contributed by atoms with E-state index in [1.165, 1.54) is 12.1 Å². The number of carbonyl (C=O) groups is 1. The fraction of sp³-hybridized carbons (Fsp3) is 0.0556. The highest BCUT2D eigenvalue weighted by molar-refractivity contribution is 6.33. The van der Waals surface area contributed by atoms with Gasteiger partial charge in [0, 0.05) is 11.9 Å². The summed E-state index contributed by atoms with van der Waals surface area (Å²) in [5, 5.41) is 15.6. The number of hydrogen-bond acceptors (Lipinski definition) is 7. The molecular formula is C18H13ClN4O4. The Morgan fingerprint density at radius 1 is 1.15 bits per heavy atom. The maximum Gasteiger partial charge on any atom is 0.335 e. The molecule has 0 saturated heterocycles. The number of halogens is 1. The number of carboxylic acids is 1. The van der Waals surface area contributed by atoms with E-state index in [0.29, 0.717) is 39.7 Å². The first-order valence-electron chi connectivity index (χ1n) is 7.89. The Bertz CT molecular complexity index is 1030. The highest BCUT2D eigenvalue weighted by Crippen LogP contribution is 2.44. The predicted molar refractivity (Wildman–Crippen MR) is 99.6 cm³/mol. The first-order chi connectivity index (χ1) is 13.1. The summed E-state index contributed by atoms with van der Waals surface area (Å²) in [4.78, 5) is 19.6. The molecule has 0 amide bonds. The zero-order valence-electron chi connectivity index (χ0n) is 13.8. The average Bonchev–Trinajstić information content (AvgIpc) is 3.14. The van der Waals surface area contributed by atoms with Crippen molar-refractivity contribution >= 4 is 40.7 Å². The summed E-state index contributed by atoms with van der Waals surface area (Å²) in [6, 6.07) is 11.5. The summed E-state index contributed by atoms with van der Waals surface area (Å²) < 4.78 is 10.8. The molecule has 9 heteroatoms. The van der Waals surface area contributed by atoms with Crippen molar-refractivity contribution in [3.8, 4) is 11.5 Å². The van der Waals surface area contributed by atoms with Crippen LogP contribution < -0.4 is 20.1 Å². The minimum Gasteiger partial charge on any atom is -0.478 e. The number of ether oxygens (including phenoxy) is 2. The number of rotatable bonds is 5. The van der Waals surface area contributed by atoms with Crippen LogP contribution in [0.1, 0.15) is 10.4 Å². The number of aromatic carboxylic acids is 1. The number of benzene rings is 2. The number of hydrogen-bond donors (Lipinski definition) is 3. The van der Waals surface area contributed by atoms with Gasteiger partial charge < -0.3 is 25.2 Å². The zero-order chi connectivity index (χ0) is 18.8. The summed E-state index contributed by atoms with van der Waals surface area (Å²) in [6.45, 7) is 0.126. The fourth-order valence-electron chi connectivity index (χ4n) is 2.54. The number of fused-ring (bicyclic) bond motifs is 1. The van der Waals surface area contributed by atoms with E-state index >= 15 is 0 Å². The second kappa shape index (κ2) is 7.00. The van der Waals surface area contributed by atoms with Gasteiger partial charge in [-0.25, -0.2) is 9.78 Å². The molecular weight excluding hydrogens is 372 g/mol. The lowest BCUT2D eigenvalue weighted by Gasteiger charge is -2.12. The normalized spacial score (nSPS) is 11.9. The Balaban J connectivity index is 1.58. The van der Waals surface area contributed by atoms with Crippen LogP contribution in [0, 0.1) is 0 Å². The average molecular weight is 385 g/mol. The monoisotopic (exact) mass is 384 g/mol. The number of aromatic nitrogens is 2. The van der Waals surface area contributed by atoms with Gasteiger partial charge in [0.05, 0.1) is 10.6 Å². The maximum atomic E-state index is 11.1. The molecule has 0 aliphatic carbocycles. The van der Waals surface area contributed by atoms with Crippen molar-refractivity contribution in [2.45, 2.75) is 0 Å². The smallest absolute Gasteiger partial charge is 0.335 e. The molecule has 3 N–H and O–H groups in total. The summed E-state index contributed by atoms with van der Waals surface area (Å²) in [5.74, 6) is 0.880. The quantitative estimate of drug-likeness (QED) is 0.605. The molecule has 0 atom stereocenters. The Kier molecular flexibility index (Phi) is 4.39. The van der Waals surface area contributed by atoms with E-state index in [1.54, 1.807) is 36.5 Å². The van der Waals surface area contributed by atoms with Crippen LogP contribution in [0.3, 0.4) is 0 Å². The van der Waals surface area contributed by atoms with Crippen LogP contribution in [-0.2, 0) is 0 Å². The highest BCUT2D eigenvalue weighted by atomic mass is 35.5. The molecule has 4 rings (SSSR count). The molecule has 1 aromatic heterocycles. The van der Waals surface area contributed by atoms with E-state index in [4.69, 9.17) is 26.2 Å². The van der Waals surface area contributed by atoms with Crippen LogP contribution in [0.5, 0.6) is 11.5 Å². The van der Waals surface area contributed by atoms with E-state index in [-0.39, 0.29) is 12.4 Å². The molecule has 2 heterocycles. The number of nitrogens with one attached hydrogen (secondary N) is 2. The van der Waals surface area contributed by atoms with Crippen LogP contribution in [0.25, 0.3) is 0 Å². The lowest BCUT2D eigenvalue weighted by Crippen LogP contribution is -2.02. The van der Waals surface area contributed by atoms with Gasteiger partial charge in [-0.3, -0.25) is 0 Å². The van der Waals surface area contributed by atoms with E-state index in [1.807, 2.05) is 0 Å². The second-order valence-electron chi connectivity index (χ2n) is 5.56. The molecule has 0 saturated carbocycles. The molecule has 2 aromatic carbocycles. The minimum atomic E-state index is -1.01. The molecule has 0 fully saturated rings. The Labute approximate surface area is 158 Å². The molecule has 0 unspecified atom stereocenters. The van der Waals surface area contributed by atoms with Gasteiger partial charge in [-0.15, -0.1) is 0 Å². The first-order valence-corrected chi connectivity index (χ1v) is 8.26. The summed E-state index contributed by atoms with van der Waals surface area (Å²) >= 11 is 6.26. The molecule has 8 nitrogen and oxygen atoms in total. The van der Waals surface area contributed by atoms with Crippen molar-refractivity contribution in [1.82, 2.24) is 9.97 Å². The molecule has 0 spiro atoms. The lowest BCUT2D eigenvalue weighted by atomic mass is 10.2. The Morgan fingerprint density at radius 2 is 2.04 bits per heavy atom. The van der Waals surface area contributed by atoms with E-state index < -0.39 is 5.97 Å². The SMILES string of the molecule is O=C(O)c1cccc(Nc2nccc(Nc3c(Cl)ccc4c3OCO4)n2)c1. The van der Waals surface area contributed by atoms with E-state index in [0.717, 1.165) is 0 Å². The number of anilines is 4. The maximum absolute atomic E-state index is 11.1. The molecule has 27 heavy (non-hydrogen) atoms. The van der Waals surface area contributed by atoms with Crippen molar-refractivity contribution in [3.05, 3.63) is 59.2 Å². The summed E-state index contributed by atoms with van der Waals surface area (Å²) in [7, 11) is 0. The summed E-state index contributed by atoms with van der Waals surface area (Å²) in [5.41, 5.74) is 1.27. The van der Waals surface area contributed by atoms with Crippen LogP contribution >= 0.6 is 11.6 Å². The Morgan fingerprint density at radius 3 is 2.89 bits per heavy atom.